The molecule has 0 saturated carbocycles. The summed E-state index contributed by atoms with van der Waals surface area (Å²) in [5.74, 6) is 1.34. The van der Waals surface area contributed by atoms with Crippen molar-refractivity contribution in [1.29, 1.82) is 0 Å². The molecule has 0 amide bonds. The van der Waals surface area contributed by atoms with Crippen LogP contribution in [0.1, 0.15) is 17.3 Å². The van der Waals surface area contributed by atoms with Gasteiger partial charge in [0.2, 0.25) is 0 Å². The van der Waals surface area contributed by atoms with Gasteiger partial charge in [0.05, 0.1) is 11.7 Å². The molecule has 19 heavy (non-hydrogen) atoms. The molecule has 1 aromatic carbocycles. The number of hydrogen-bond donors (Lipinski definition) is 2. The SMILES string of the molecule is Cn1cc(CC(NN)c2cc(F)c(F)c(F)c2)nn1. The van der Waals surface area contributed by atoms with Crippen LogP contribution in [0.25, 0.3) is 0 Å². The van der Waals surface area contributed by atoms with Gasteiger partial charge >= 0.3 is 0 Å². The molecule has 1 aromatic heterocycles. The highest BCUT2D eigenvalue weighted by Crippen LogP contribution is 2.21. The van der Waals surface area contributed by atoms with Gasteiger partial charge in [-0.15, -0.1) is 5.10 Å². The standard InChI is InChI=1S/C11H12F3N5/c1-19-5-7(17-18-19)4-10(16-15)6-2-8(12)11(14)9(13)3-6/h2-3,5,10,16H,4,15H2,1H3. The second-order valence-corrected chi connectivity index (χ2v) is 4.11. The van der Waals surface area contributed by atoms with Gasteiger partial charge < -0.3 is 0 Å². The molecule has 1 heterocycles. The first-order valence-corrected chi connectivity index (χ1v) is 5.47. The van der Waals surface area contributed by atoms with Gasteiger partial charge in [-0.2, -0.15) is 0 Å². The highest BCUT2D eigenvalue weighted by atomic mass is 19.2. The number of nitrogens with zero attached hydrogens (tertiary/aromatic N) is 3. The minimum absolute atomic E-state index is 0.199. The van der Waals surface area contributed by atoms with Crippen LogP contribution in [0.4, 0.5) is 13.2 Å². The summed E-state index contributed by atoms with van der Waals surface area (Å²) in [7, 11) is 1.69. The first-order valence-electron chi connectivity index (χ1n) is 5.47. The number of nitrogens with two attached hydrogens (primary N) is 1. The fourth-order valence-corrected chi connectivity index (χ4v) is 1.75. The van der Waals surface area contributed by atoms with Gasteiger partial charge in [-0.3, -0.25) is 16.0 Å². The number of hydrogen-bond acceptors (Lipinski definition) is 4. The summed E-state index contributed by atoms with van der Waals surface area (Å²) in [5, 5.41) is 7.58. The molecule has 2 aromatic rings. The third kappa shape index (κ3) is 2.91. The molecule has 1 atom stereocenters. The lowest BCUT2D eigenvalue weighted by Crippen LogP contribution is -2.30. The number of benzene rings is 1. The molecule has 0 aliphatic carbocycles. The van der Waals surface area contributed by atoms with Gasteiger partial charge in [0.1, 0.15) is 0 Å². The smallest absolute Gasteiger partial charge is 0.194 e. The predicted octanol–water partition coefficient (Wildman–Crippen LogP) is 0.980. The third-order valence-corrected chi connectivity index (χ3v) is 2.67. The number of halogens is 3. The largest absolute Gasteiger partial charge is 0.271 e. The van der Waals surface area contributed by atoms with E-state index in [1.165, 1.54) is 4.68 Å². The van der Waals surface area contributed by atoms with E-state index in [1.807, 2.05) is 0 Å². The van der Waals surface area contributed by atoms with Crippen LogP contribution in [0.5, 0.6) is 0 Å². The summed E-state index contributed by atoms with van der Waals surface area (Å²) >= 11 is 0. The fraction of sp³-hybridized carbons (Fsp3) is 0.273. The Balaban J connectivity index is 2.27. The van der Waals surface area contributed by atoms with Crippen LogP contribution < -0.4 is 11.3 Å². The van der Waals surface area contributed by atoms with Crippen LogP contribution >= 0.6 is 0 Å². The molecule has 8 heteroatoms. The lowest BCUT2D eigenvalue weighted by atomic mass is 10.0. The van der Waals surface area contributed by atoms with E-state index < -0.39 is 23.5 Å². The zero-order valence-electron chi connectivity index (χ0n) is 10.1. The molecule has 5 nitrogen and oxygen atoms in total. The summed E-state index contributed by atoms with van der Waals surface area (Å²) in [4.78, 5) is 0. The van der Waals surface area contributed by atoms with Crippen molar-refractivity contribution in [1.82, 2.24) is 20.4 Å². The van der Waals surface area contributed by atoms with E-state index in [1.54, 1.807) is 13.2 Å². The van der Waals surface area contributed by atoms with Crippen LogP contribution in [0.15, 0.2) is 18.3 Å². The zero-order chi connectivity index (χ0) is 14.0. The Morgan fingerprint density at radius 3 is 2.42 bits per heavy atom. The van der Waals surface area contributed by atoms with Gasteiger partial charge in [0.15, 0.2) is 17.5 Å². The van der Waals surface area contributed by atoms with E-state index in [0.29, 0.717) is 5.69 Å². The molecule has 0 radical (unpaired) electrons. The minimum Gasteiger partial charge on any atom is -0.271 e. The van der Waals surface area contributed by atoms with E-state index in [9.17, 15) is 13.2 Å². The molecule has 1 unspecified atom stereocenters. The summed E-state index contributed by atoms with van der Waals surface area (Å²) in [6.45, 7) is 0. The second kappa shape index (κ2) is 5.37. The van der Waals surface area contributed by atoms with E-state index >= 15 is 0 Å². The average Bonchev–Trinajstić information content (AvgIpc) is 2.78. The summed E-state index contributed by atoms with van der Waals surface area (Å²) in [5.41, 5.74) is 3.21. The molecule has 0 aliphatic rings. The summed E-state index contributed by atoms with van der Waals surface area (Å²) in [6.07, 6.45) is 1.93. The quantitative estimate of drug-likeness (QED) is 0.494. The van der Waals surface area contributed by atoms with Crippen molar-refractivity contribution in [2.45, 2.75) is 12.5 Å². The number of aryl methyl sites for hydroxylation is 1. The molecule has 0 fully saturated rings. The average molecular weight is 271 g/mol. The Bertz CT molecular complexity index is 560. The molecular weight excluding hydrogens is 259 g/mol. The second-order valence-electron chi connectivity index (χ2n) is 4.11. The van der Waals surface area contributed by atoms with Crippen molar-refractivity contribution >= 4 is 0 Å². The molecule has 0 spiro atoms. The van der Waals surface area contributed by atoms with Gasteiger partial charge in [0.25, 0.3) is 0 Å². The van der Waals surface area contributed by atoms with Crippen molar-refractivity contribution in [3.63, 3.8) is 0 Å². The first kappa shape index (κ1) is 13.5. The van der Waals surface area contributed by atoms with Gasteiger partial charge in [-0.05, 0) is 17.7 Å². The number of hydrazine groups is 1. The molecule has 2 rings (SSSR count). The Morgan fingerprint density at radius 1 is 1.32 bits per heavy atom. The summed E-state index contributed by atoms with van der Waals surface area (Å²) < 4.78 is 40.7. The highest BCUT2D eigenvalue weighted by Gasteiger charge is 2.18. The van der Waals surface area contributed by atoms with E-state index in [0.717, 1.165) is 12.1 Å². The van der Waals surface area contributed by atoms with Crippen molar-refractivity contribution in [2.75, 3.05) is 0 Å². The lowest BCUT2D eigenvalue weighted by Gasteiger charge is -2.15. The highest BCUT2D eigenvalue weighted by molar-refractivity contribution is 5.23. The van der Waals surface area contributed by atoms with E-state index in [2.05, 4.69) is 15.7 Å². The van der Waals surface area contributed by atoms with Crippen molar-refractivity contribution in [3.05, 3.63) is 47.0 Å². The Kier molecular flexibility index (Phi) is 3.82. The van der Waals surface area contributed by atoms with Gasteiger partial charge in [-0.1, -0.05) is 5.21 Å². The van der Waals surface area contributed by atoms with Crippen molar-refractivity contribution < 1.29 is 13.2 Å². The third-order valence-electron chi connectivity index (χ3n) is 2.67. The fourth-order valence-electron chi connectivity index (χ4n) is 1.75. The minimum atomic E-state index is -1.50. The van der Waals surface area contributed by atoms with E-state index in [4.69, 9.17) is 5.84 Å². The summed E-state index contributed by atoms with van der Waals surface area (Å²) in [6, 6.07) is 1.21. The van der Waals surface area contributed by atoms with Crippen LogP contribution in [0, 0.1) is 17.5 Å². The number of rotatable bonds is 4. The number of aromatic nitrogens is 3. The first-order chi connectivity index (χ1) is 9.01. The van der Waals surface area contributed by atoms with Crippen LogP contribution in [0.3, 0.4) is 0 Å². The zero-order valence-corrected chi connectivity index (χ0v) is 10.1. The Morgan fingerprint density at radius 2 is 1.95 bits per heavy atom. The van der Waals surface area contributed by atoms with Crippen LogP contribution in [-0.2, 0) is 13.5 Å². The molecule has 102 valence electrons. The molecule has 0 aliphatic heterocycles. The van der Waals surface area contributed by atoms with Gasteiger partial charge in [-0.25, -0.2) is 13.2 Å². The molecular formula is C11H12F3N5. The van der Waals surface area contributed by atoms with Crippen molar-refractivity contribution in [3.8, 4) is 0 Å². The van der Waals surface area contributed by atoms with E-state index in [-0.39, 0.29) is 12.0 Å². The monoisotopic (exact) mass is 271 g/mol. The predicted molar refractivity (Wildman–Crippen MR) is 61.1 cm³/mol. The lowest BCUT2D eigenvalue weighted by molar-refractivity contribution is 0.439. The maximum atomic E-state index is 13.2. The topological polar surface area (TPSA) is 68.8 Å². The normalized spacial score (nSPS) is 12.7. The molecule has 0 bridgehead atoms. The van der Waals surface area contributed by atoms with Crippen LogP contribution in [-0.4, -0.2) is 15.0 Å². The Hall–Kier alpha value is -1.93. The number of nitrogens with one attached hydrogen (secondary N) is 1. The van der Waals surface area contributed by atoms with Gasteiger partial charge in [0, 0.05) is 19.7 Å². The van der Waals surface area contributed by atoms with Crippen molar-refractivity contribution in [2.24, 2.45) is 12.9 Å². The molecule has 0 saturated heterocycles. The molecule has 3 N–H and O–H groups in total. The maximum Gasteiger partial charge on any atom is 0.194 e. The van der Waals surface area contributed by atoms with Crippen LogP contribution in [0.2, 0.25) is 0 Å². The maximum absolute atomic E-state index is 13.2. The Labute approximate surface area is 107 Å².